The van der Waals surface area contributed by atoms with Crippen LogP contribution in [-0.2, 0) is 38.4 Å². The van der Waals surface area contributed by atoms with E-state index in [2.05, 4.69) is 67.2 Å². The minimum atomic E-state index is -1.04. The highest BCUT2D eigenvalue weighted by atomic mass is 35.5. The van der Waals surface area contributed by atoms with E-state index < -0.39 is 35.3 Å². The van der Waals surface area contributed by atoms with Crippen LogP contribution in [0.25, 0.3) is 17.2 Å². The minimum absolute atomic E-state index is 0.0535. The molecular formula is C59H72ClFN2O8S. The lowest BCUT2D eigenvalue weighted by Gasteiger charge is -2.27. The highest BCUT2D eigenvalue weighted by molar-refractivity contribution is 7.90. The van der Waals surface area contributed by atoms with Gasteiger partial charge in [-0.2, -0.15) is 0 Å². The largest absolute Gasteiger partial charge is 0.612 e. The van der Waals surface area contributed by atoms with E-state index in [9.17, 15) is 33.5 Å². The number of halogens is 2. The van der Waals surface area contributed by atoms with Crippen molar-refractivity contribution in [2.75, 3.05) is 38.3 Å². The Hall–Kier alpha value is -5.34. The van der Waals surface area contributed by atoms with Gasteiger partial charge in [0.2, 0.25) is 0 Å². The Bertz CT molecular complexity index is 2570. The predicted molar refractivity (Wildman–Crippen MR) is 291 cm³/mol. The number of benzene rings is 4. The highest BCUT2D eigenvalue weighted by Gasteiger charge is 2.39. The maximum Gasteiger partial charge on any atom is 0.307 e. The van der Waals surface area contributed by atoms with Crippen LogP contribution >= 0.6 is 11.6 Å². The number of carbonyl (C=O) groups excluding carboxylic acids is 1. The van der Waals surface area contributed by atoms with Crippen LogP contribution in [0, 0.1) is 17.7 Å². The summed E-state index contributed by atoms with van der Waals surface area (Å²) >= 11 is 5.24. The molecular weight excluding hydrogens is 951 g/mol. The second-order valence-electron chi connectivity index (χ2n) is 19.0. The lowest BCUT2D eigenvalue weighted by atomic mass is 9.90. The molecule has 0 bridgehead atoms. The van der Waals surface area contributed by atoms with Crippen molar-refractivity contribution in [1.82, 2.24) is 4.90 Å². The van der Waals surface area contributed by atoms with E-state index >= 15 is 0 Å². The van der Waals surface area contributed by atoms with Crippen LogP contribution in [-0.4, -0.2) is 93.2 Å². The van der Waals surface area contributed by atoms with E-state index in [1.165, 1.54) is 34.6 Å². The number of nitrogens with zero attached hydrogens (tertiary/aromatic N) is 2. The Labute approximate surface area is 433 Å². The van der Waals surface area contributed by atoms with Gasteiger partial charge in [-0.15, -0.1) is 0 Å². The fourth-order valence-electron chi connectivity index (χ4n) is 9.44. The zero-order valence-corrected chi connectivity index (χ0v) is 43.9. The second-order valence-corrected chi connectivity index (χ2v) is 20.8. The molecule has 1 unspecified atom stereocenters. The summed E-state index contributed by atoms with van der Waals surface area (Å²) in [6, 6.07) is 26.9. The van der Waals surface area contributed by atoms with Gasteiger partial charge < -0.3 is 34.8 Å². The number of rotatable bonds is 20. The SMILES string of the molecule is CC1=C(CC(=O)O)c2cc(F)ccc2/C1=C\c1ccc([S+](C)[O-])cc1.CCCCC[C@H](O)/C=C/[C@H]1[C@H](O)CC(=O)[C@@H]1C/C=C\CCCC(=O)O.CN(C)CCCN1c2ccccc2CCc2ccc(Cl)cc21. The molecule has 0 aromatic heterocycles. The zero-order chi connectivity index (χ0) is 52.3. The molecule has 3 aliphatic rings. The Morgan fingerprint density at radius 2 is 1.64 bits per heavy atom. The third-order valence-electron chi connectivity index (χ3n) is 13.3. The number of hydrogen-bond acceptors (Lipinski definition) is 8. The molecule has 0 radical (unpaired) electrons. The molecule has 4 aromatic rings. The number of aryl methyl sites for hydroxylation is 2. The summed E-state index contributed by atoms with van der Waals surface area (Å²) in [4.78, 5) is 39.2. The molecule has 7 rings (SSSR count). The molecule has 4 N–H and O–H groups in total. The van der Waals surface area contributed by atoms with Crippen LogP contribution < -0.4 is 4.90 Å². The minimum Gasteiger partial charge on any atom is -0.612 e. The number of aliphatic hydroxyl groups is 2. The fraction of sp³-hybridized carbons (Fsp3) is 0.407. The quantitative estimate of drug-likeness (QED) is 0.0381. The fourth-order valence-corrected chi connectivity index (χ4v) is 10.1. The van der Waals surface area contributed by atoms with Gasteiger partial charge in [0.1, 0.15) is 17.9 Å². The molecule has 0 spiro atoms. The number of unbranched alkanes of at least 4 members (excludes halogenated alkanes) is 3. The number of ketones is 1. The molecule has 1 saturated carbocycles. The van der Waals surface area contributed by atoms with Crippen LogP contribution in [0.2, 0.25) is 5.02 Å². The van der Waals surface area contributed by atoms with Gasteiger partial charge in [-0.1, -0.05) is 92.4 Å². The first-order chi connectivity index (χ1) is 34.5. The predicted octanol–water partition coefficient (Wildman–Crippen LogP) is 12.1. The number of allylic oxidation sites excluding steroid dienone is 4. The van der Waals surface area contributed by atoms with Crippen molar-refractivity contribution in [1.29, 1.82) is 0 Å². The molecule has 5 atom stereocenters. The second kappa shape index (κ2) is 28.8. The van der Waals surface area contributed by atoms with Gasteiger partial charge in [0.15, 0.2) is 4.90 Å². The topological polar surface area (TPSA) is 162 Å². The third kappa shape index (κ3) is 17.1. The molecule has 0 saturated heterocycles. The highest BCUT2D eigenvalue weighted by Crippen LogP contribution is 2.44. The zero-order valence-electron chi connectivity index (χ0n) is 42.4. The van der Waals surface area contributed by atoms with E-state index in [-0.39, 0.29) is 42.7 Å². The number of carboxylic acids is 2. The Morgan fingerprint density at radius 1 is 0.917 bits per heavy atom. The van der Waals surface area contributed by atoms with E-state index in [4.69, 9.17) is 21.8 Å². The molecule has 0 amide bonds. The number of aliphatic carboxylic acids is 2. The van der Waals surface area contributed by atoms with E-state index in [0.717, 1.165) is 83.8 Å². The van der Waals surface area contributed by atoms with Gasteiger partial charge >= 0.3 is 11.9 Å². The van der Waals surface area contributed by atoms with Crippen molar-refractivity contribution in [3.8, 4) is 0 Å². The molecule has 2 aliphatic carbocycles. The summed E-state index contributed by atoms with van der Waals surface area (Å²) < 4.78 is 25.1. The lowest BCUT2D eigenvalue weighted by molar-refractivity contribution is -0.137. The first-order valence-corrected chi connectivity index (χ1v) is 27.0. The molecule has 10 nitrogen and oxygen atoms in total. The smallest absolute Gasteiger partial charge is 0.307 e. The van der Waals surface area contributed by atoms with Crippen LogP contribution in [0.4, 0.5) is 15.8 Å². The van der Waals surface area contributed by atoms with Gasteiger partial charge in [0.25, 0.3) is 0 Å². The number of para-hydroxylation sites is 1. The van der Waals surface area contributed by atoms with Crippen molar-refractivity contribution < 1.29 is 43.8 Å². The number of Topliss-reactive ketones (excluding diaryl/α,β-unsaturated/α-hetero) is 1. The first-order valence-electron chi connectivity index (χ1n) is 25.1. The van der Waals surface area contributed by atoms with Crippen LogP contribution in [0.15, 0.2) is 120 Å². The Kier molecular flexibility index (Phi) is 23.0. The molecule has 72 heavy (non-hydrogen) atoms. The lowest BCUT2D eigenvalue weighted by Crippen LogP contribution is -2.24. The number of anilines is 2. The van der Waals surface area contributed by atoms with Gasteiger partial charge in [-0.3, -0.25) is 14.4 Å². The standard InChI is InChI=1S/C20H17FO3S.C20H32O5.C19H23ClN2/c1-12-17(9-13-3-6-15(7-4-13)25(2)24)16-8-5-14(21)10-19(16)18(12)11-20(22)23;1-2-3-6-9-15(21)12-13-17-16(18(22)14-19(17)23)10-7-4-5-8-11-20(24)25;1-21(2)12-5-13-22-18-7-4-3-6-15(18)8-9-16-10-11-17(20)14-19(16)22/h3-10H,11H2,1-2H3,(H,22,23);4,7,12-13,15-17,19,21,23H,2-3,5-6,8-11,14H2,1H3,(H,24,25);3-4,6-7,10-11,14H,5,8-9,12-13H2,1-2H3/b17-9-;7-4-,13-12+;/t;15-,16+,17+,19+;/m.0./s1. The Morgan fingerprint density at radius 3 is 2.32 bits per heavy atom. The maximum absolute atomic E-state index is 13.7. The van der Waals surface area contributed by atoms with Crippen molar-refractivity contribution in [2.24, 2.45) is 11.8 Å². The summed E-state index contributed by atoms with van der Waals surface area (Å²) in [6.45, 7) is 6.08. The number of carbonyl (C=O) groups is 3. The van der Waals surface area contributed by atoms with Crippen molar-refractivity contribution >= 4 is 69.1 Å². The van der Waals surface area contributed by atoms with Gasteiger partial charge in [0, 0.05) is 47.6 Å². The third-order valence-corrected chi connectivity index (χ3v) is 14.5. The summed E-state index contributed by atoms with van der Waals surface area (Å²) in [6.07, 6.45) is 18.8. The van der Waals surface area contributed by atoms with Crippen molar-refractivity contribution in [3.63, 3.8) is 0 Å². The molecule has 386 valence electrons. The van der Waals surface area contributed by atoms with Crippen molar-refractivity contribution in [3.05, 3.63) is 153 Å². The van der Waals surface area contributed by atoms with E-state index in [0.29, 0.717) is 36.8 Å². The number of aliphatic hydroxyl groups excluding tert-OH is 2. The molecule has 13 heteroatoms. The average Bonchev–Trinajstić information content (AvgIpc) is 3.68. The monoisotopic (exact) mass is 1020 g/mol. The van der Waals surface area contributed by atoms with Crippen molar-refractivity contribution in [2.45, 2.75) is 114 Å². The van der Waals surface area contributed by atoms with E-state index in [1.54, 1.807) is 36.6 Å². The normalized spacial score (nSPS) is 18.6. The number of fused-ring (bicyclic) bond motifs is 3. The van der Waals surface area contributed by atoms with E-state index in [1.807, 2.05) is 43.4 Å². The average molecular weight is 1020 g/mol. The first kappa shape index (κ1) is 57.6. The summed E-state index contributed by atoms with van der Waals surface area (Å²) in [7, 11) is 4.25. The summed E-state index contributed by atoms with van der Waals surface area (Å²) in [5, 5.41) is 38.7. The number of hydrogen-bond donors (Lipinski definition) is 4. The summed E-state index contributed by atoms with van der Waals surface area (Å²) in [5.74, 6) is -2.59. The van der Waals surface area contributed by atoms with Gasteiger partial charge in [-0.25, -0.2) is 4.39 Å². The van der Waals surface area contributed by atoms with Crippen LogP contribution in [0.3, 0.4) is 0 Å². The molecule has 1 heterocycles. The molecule has 1 fully saturated rings. The van der Waals surface area contributed by atoms with Gasteiger partial charge in [-0.05, 0) is 189 Å². The Balaban J connectivity index is 0.000000201. The summed E-state index contributed by atoms with van der Waals surface area (Å²) in [5.41, 5.74) is 10.2. The van der Waals surface area contributed by atoms with Gasteiger partial charge in [0.05, 0.1) is 18.6 Å². The van der Waals surface area contributed by atoms with Crippen LogP contribution in [0.5, 0.6) is 0 Å². The number of carboxylic acid groups (broad SMARTS) is 2. The molecule has 1 aliphatic heterocycles. The molecule has 4 aromatic carbocycles. The van der Waals surface area contributed by atoms with Crippen LogP contribution in [0.1, 0.15) is 112 Å². The maximum atomic E-state index is 13.7.